The minimum Gasteiger partial charge on any atom is -0.380 e. The highest BCUT2D eigenvalue weighted by atomic mass is 32.1. The first-order chi connectivity index (χ1) is 6.96. The fourth-order valence-electron chi connectivity index (χ4n) is 1.40. The highest BCUT2D eigenvalue weighted by molar-refractivity contribution is 7.71. The van der Waals surface area contributed by atoms with Crippen LogP contribution in [0.25, 0.3) is 0 Å². The van der Waals surface area contributed by atoms with Crippen LogP contribution >= 0.6 is 12.2 Å². The Morgan fingerprint density at radius 3 is 2.67 bits per heavy atom. The molecule has 1 rings (SSSR count). The topological polar surface area (TPSA) is 42.8 Å². The van der Waals surface area contributed by atoms with Crippen molar-refractivity contribution in [2.24, 2.45) is 0 Å². The van der Waals surface area contributed by atoms with Gasteiger partial charge in [0.1, 0.15) is 5.82 Å². The Labute approximate surface area is 95.7 Å². The summed E-state index contributed by atoms with van der Waals surface area (Å²) in [6.07, 6.45) is 0. The maximum atomic E-state index is 5.32. The lowest BCUT2D eigenvalue weighted by Crippen LogP contribution is -2.20. The van der Waals surface area contributed by atoms with Crippen molar-refractivity contribution in [1.29, 1.82) is 0 Å². The first kappa shape index (κ1) is 12.4. The zero-order valence-electron chi connectivity index (χ0n) is 9.83. The lowest BCUT2D eigenvalue weighted by atomic mass is 9.96. The van der Waals surface area contributed by atoms with Crippen molar-refractivity contribution in [3.8, 4) is 0 Å². The van der Waals surface area contributed by atoms with Gasteiger partial charge in [0.2, 0.25) is 0 Å². The molecule has 0 aliphatic rings. The molecule has 86 valence electrons. The summed E-state index contributed by atoms with van der Waals surface area (Å²) in [5.74, 6) is 0.979. The second-order valence-corrected chi connectivity index (χ2v) is 4.84. The number of H-pyrrole nitrogens is 1. The van der Waals surface area contributed by atoms with E-state index in [0.717, 1.165) is 19.0 Å². The molecule has 0 aliphatic carbocycles. The Morgan fingerprint density at radius 1 is 1.47 bits per heavy atom. The van der Waals surface area contributed by atoms with Crippen LogP contribution in [0.5, 0.6) is 0 Å². The molecule has 0 spiro atoms. The van der Waals surface area contributed by atoms with E-state index in [4.69, 9.17) is 17.0 Å². The van der Waals surface area contributed by atoms with Gasteiger partial charge < -0.3 is 9.30 Å². The number of aromatic nitrogens is 3. The fraction of sp³-hybridized carbons (Fsp3) is 0.800. The van der Waals surface area contributed by atoms with E-state index in [1.165, 1.54) is 0 Å². The number of nitrogens with one attached hydrogen (secondary N) is 1. The average Bonchev–Trinajstić information content (AvgIpc) is 2.48. The van der Waals surface area contributed by atoms with Crippen molar-refractivity contribution < 1.29 is 4.74 Å². The molecule has 0 aromatic carbocycles. The van der Waals surface area contributed by atoms with Gasteiger partial charge in [-0.05, 0) is 19.1 Å². The smallest absolute Gasteiger partial charge is 0.195 e. The van der Waals surface area contributed by atoms with Crippen LogP contribution in [0.4, 0.5) is 0 Å². The van der Waals surface area contributed by atoms with E-state index in [1.54, 1.807) is 0 Å². The summed E-state index contributed by atoms with van der Waals surface area (Å²) in [7, 11) is 0. The number of aromatic amines is 1. The van der Waals surface area contributed by atoms with Crippen LogP contribution in [0, 0.1) is 4.77 Å². The second-order valence-electron chi connectivity index (χ2n) is 4.45. The van der Waals surface area contributed by atoms with Crippen molar-refractivity contribution in [3.05, 3.63) is 10.6 Å². The van der Waals surface area contributed by atoms with Crippen LogP contribution in [-0.4, -0.2) is 28.0 Å². The van der Waals surface area contributed by atoms with Crippen LogP contribution in [0.15, 0.2) is 0 Å². The van der Waals surface area contributed by atoms with Gasteiger partial charge in [-0.2, -0.15) is 5.10 Å². The van der Waals surface area contributed by atoms with Crippen LogP contribution < -0.4 is 0 Å². The molecule has 1 aromatic heterocycles. The SMILES string of the molecule is CCOCCn1c(C(C)(C)C)n[nH]c1=S. The summed E-state index contributed by atoms with van der Waals surface area (Å²) in [6, 6.07) is 0. The molecule has 0 bridgehead atoms. The van der Waals surface area contributed by atoms with Gasteiger partial charge in [0.05, 0.1) is 13.2 Å². The molecule has 0 atom stereocenters. The molecule has 1 heterocycles. The molecule has 0 saturated heterocycles. The Balaban J connectivity index is 2.85. The van der Waals surface area contributed by atoms with Crippen LogP contribution in [-0.2, 0) is 16.7 Å². The monoisotopic (exact) mass is 229 g/mol. The van der Waals surface area contributed by atoms with E-state index in [1.807, 2.05) is 11.5 Å². The van der Waals surface area contributed by atoms with Crippen molar-refractivity contribution in [3.63, 3.8) is 0 Å². The quantitative estimate of drug-likeness (QED) is 0.636. The Kier molecular flexibility index (Phi) is 4.04. The van der Waals surface area contributed by atoms with Gasteiger partial charge in [-0.25, -0.2) is 0 Å². The average molecular weight is 229 g/mol. The minimum atomic E-state index is -0.000224. The number of nitrogens with zero attached hydrogens (tertiary/aromatic N) is 2. The standard InChI is InChI=1S/C10H19N3OS/c1-5-14-7-6-13-8(10(2,3)4)11-12-9(13)15/h5-7H2,1-4H3,(H,12,15). The molecule has 5 heteroatoms. The molecule has 1 aromatic rings. The number of hydrogen-bond donors (Lipinski definition) is 1. The molecule has 1 N–H and O–H groups in total. The van der Waals surface area contributed by atoms with Crippen LogP contribution in [0.3, 0.4) is 0 Å². The largest absolute Gasteiger partial charge is 0.380 e. The Bertz CT molecular complexity index is 361. The number of rotatable bonds is 4. The first-order valence-corrected chi connectivity index (χ1v) is 5.61. The van der Waals surface area contributed by atoms with E-state index in [2.05, 4.69) is 31.0 Å². The van der Waals surface area contributed by atoms with Crippen molar-refractivity contribution in [1.82, 2.24) is 14.8 Å². The van der Waals surface area contributed by atoms with Gasteiger partial charge in [0.15, 0.2) is 4.77 Å². The molecule has 0 aliphatic heterocycles. The highest BCUT2D eigenvalue weighted by Crippen LogP contribution is 2.19. The molecule has 0 amide bonds. The predicted molar refractivity (Wildman–Crippen MR) is 62.6 cm³/mol. The van der Waals surface area contributed by atoms with Gasteiger partial charge in [0.25, 0.3) is 0 Å². The lowest BCUT2D eigenvalue weighted by molar-refractivity contribution is 0.137. The molecular weight excluding hydrogens is 210 g/mol. The normalized spacial score (nSPS) is 12.0. The third-order valence-electron chi connectivity index (χ3n) is 2.09. The van der Waals surface area contributed by atoms with Gasteiger partial charge in [-0.3, -0.25) is 5.10 Å². The summed E-state index contributed by atoms with van der Waals surface area (Å²) in [4.78, 5) is 0. The molecule has 0 unspecified atom stereocenters. The molecule has 15 heavy (non-hydrogen) atoms. The summed E-state index contributed by atoms with van der Waals surface area (Å²) in [6.45, 7) is 10.5. The van der Waals surface area contributed by atoms with E-state index in [9.17, 15) is 0 Å². The molecule has 0 radical (unpaired) electrons. The summed E-state index contributed by atoms with van der Waals surface area (Å²) in [5.41, 5.74) is -0.000224. The van der Waals surface area contributed by atoms with Gasteiger partial charge in [-0.1, -0.05) is 20.8 Å². The zero-order valence-corrected chi connectivity index (χ0v) is 10.6. The van der Waals surface area contributed by atoms with E-state index >= 15 is 0 Å². The third kappa shape index (κ3) is 3.14. The third-order valence-corrected chi connectivity index (χ3v) is 2.40. The maximum Gasteiger partial charge on any atom is 0.195 e. The predicted octanol–water partition coefficient (Wildman–Crippen LogP) is 2.27. The van der Waals surface area contributed by atoms with Crippen LogP contribution in [0.2, 0.25) is 0 Å². The Hall–Kier alpha value is -0.680. The fourth-order valence-corrected chi connectivity index (χ4v) is 1.62. The summed E-state index contributed by atoms with van der Waals surface area (Å²) >= 11 is 5.18. The van der Waals surface area contributed by atoms with E-state index in [0.29, 0.717) is 11.4 Å². The van der Waals surface area contributed by atoms with Crippen LogP contribution in [0.1, 0.15) is 33.5 Å². The summed E-state index contributed by atoms with van der Waals surface area (Å²) in [5, 5.41) is 7.09. The van der Waals surface area contributed by atoms with Crippen molar-refractivity contribution >= 4 is 12.2 Å². The van der Waals surface area contributed by atoms with Gasteiger partial charge in [0, 0.05) is 12.0 Å². The molecule has 0 saturated carbocycles. The molecule has 0 fully saturated rings. The lowest BCUT2D eigenvalue weighted by Gasteiger charge is -2.18. The van der Waals surface area contributed by atoms with Crippen molar-refractivity contribution in [2.45, 2.75) is 39.7 Å². The molecular formula is C10H19N3OS. The minimum absolute atomic E-state index is 0.000224. The van der Waals surface area contributed by atoms with E-state index < -0.39 is 0 Å². The van der Waals surface area contributed by atoms with Gasteiger partial charge in [-0.15, -0.1) is 0 Å². The second kappa shape index (κ2) is 4.90. The molecule has 4 nitrogen and oxygen atoms in total. The number of hydrogen-bond acceptors (Lipinski definition) is 3. The van der Waals surface area contributed by atoms with Gasteiger partial charge >= 0.3 is 0 Å². The first-order valence-electron chi connectivity index (χ1n) is 5.20. The van der Waals surface area contributed by atoms with E-state index in [-0.39, 0.29) is 5.41 Å². The highest BCUT2D eigenvalue weighted by Gasteiger charge is 2.20. The Morgan fingerprint density at radius 2 is 2.13 bits per heavy atom. The maximum absolute atomic E-state index is 5.32. The zero-order chi connectivity index (χ0) is 11.5. The number of ether oxygens (including phenoxy) is 1. The van der Waals surface area contributed by atoms with Crippen molar-refractivity contribution in [2.75, 3.05) is 13.2 Å². The summed E-state index contributed by atoms with van der Waals surface area (Å²) < 4.78 is 7.99.